The first-order chi connectivity index (χ1) is 9.38. The maximum absolute atomic E-state index is 14.2. The molecule has 0 aliphatic heterocycles. The molecule has 2 rings (SSSR count). The average molecular weight is 273 g/mol. The van der Waals surface area contributed by atoms with Crippen molar-refractivity contribution in [3.63, 3.8) is 0 Å². The van der Waals surface area contributed by atoms with Crippen LogP contribution in [0.2, 0.25) is 0 Å². The van der Waals surface area contributed by atoms with Crippen LogP contribution in [0.25, 0.3) is 0 Å². The fraction of sp³-hybridized carbons (Fsp3) is 0.294. The number of rotatable bonds is 3. The lowest BCUT2D eigenvalue weighted by atomic mass is 10.1. The number of anilines is 2. The molecule has 0 spiro atoms. The van der Waals surface area contributed by atoms with Gasteiger partial charge in [-0.25, -0.2) is 4.39 Å². The molecule has 106 valence electrons. The van der Waals surface area contributed by atoms with Crippen LogP contribution in [-0.2, 0) is 0 Å². The summed E-state index contributed by atoms with van der Waals surface area (Å²) in [6.45, 7) is 5.68. The van der Waals surface area contributed by atoms with Crippen molar-refractivity contribution in [1.82, 2.24) is 0 Å². The predicted octanol–water partition coefficient (Wildman–Crippen LogP) is 4.26. The Morgan fingerprint density at radius 1 is 1.05 bits per heavy atom. The number of nitrogens with zero attached hydrogens (tertiary/aromatic N) is 1. The Kier molecular flexibility index (Phi) is 4.09. The molecular formula is C17H20FNO. The van der Waals surface area contributed by atoms with Gasteiger partial charge in [-0.15, -0.1) is 0 Å². The molecule has 0 saturated heterocycles. The Labute approximate surface area is 119 Å². The van der Waals surface area contributed by atoms with Crippen LogP contribution in [0, 0.1) is 19.7 Å². The van der Waals surface area contributed by atoms with E-state index in [1.807, 2.05) is 37.9 Å². The lowest BCUT2D eigenvalue weighted by Gasteiger charge is -2.22. The second-order valence-electron chi connectivity index (χ2n) is 5.29. The second-order valence-corrected chi connectivity index (χ2v) is 5.29. The van der Waals surface area contributed by atoms with E-state index in [9.17, 15) is 9.50 Å². The van der Waals surface area contributed by atoms with Gasteiger partial charge in [0, 0.05) is 12.7 Å². The minimum absolute atomic E-state index is 0.329. The van der Waals surface area contributed by atoms with Gasteiger partial charge in [0.15, 0.2) is 0 Å². The fourth-order valence-electron chi connectivity index (χ4n) is 2.34. The first-order valence-electron chi connectivity index (χ1n) is 6.68. The Morgan fingerprint density at radius 2 is 1.65 bits per heavy atom. The summed E-state index contributed by atoms with van der Waals surface area (Å²) < 4.78 is 14.2. The number of aliphatic hydroxyl groups excluding tert-OH is 1. The first-order valence-corrected chi connectivity index (χ1v) is 6.68. The van der Waals surface area contributed by atoms with Crippen LogP contribution in [-0.4, -0.2) is 12.2 Å². The Balaban J connectivity index is 2.40. The number of halogens is 1. The molecule has 2 aromatic rings. The summed E-state index contributed by atoms with van der Waals surface area (Å²) in [5, 5.41) is 9.49. The summed E-state index contributed by atoms with van der Waals surface area (Å²) in [6, 6.07) is 11.0. The van der Waals surface area contributed by atoms with E-state index >= 15 is 0 Å². The molecular weight excluding hydrogens is 253 g/mol. The molecule has 0 aliphatic carbocycles. The number of aryl methyl sites for hydroxylation is 2. The van der Waals surface area contributed by atoms with Crippen molar-refractivity contribution < 1.29 is 9.50 Å². The van der Waals surface area contributed by atoms with Gasteiger partial charge in [-0.2, -0.15) is 0 Å². The van der Waals surface area contributed by atoms with Crippen LogP contribution < -0.4 is 4.90 Å². The van der Waals surface area contributed by atoms with Gasteiger partial charge in [0.25, 0.3) is 0 Å². The highest BCUT2D eigenvalue weighted by atomic mass is 19.1. The summed E-state index contributed by atoms with van der Waals surface area (Å²) in [6.07, 6.45) is -0.662. The maximum atomic E-state index is 14.2. The number of hydrogen-bond acceptors (Lipinski definition) is 2. The third-order valence-corrected chi connectivity index (χ3v) is 3.41. The molecule has 0 fully saturated rings. The van der Waals surface area contributed by atoms with Crippen LogP contribution in [0.5, 0.6) is 0 Å². The summed E-state index contributed by atoms with van der Waals surface area (Å²) in [7, 11) is 1.84. The van der Waals surface area contributed by atoms with Crippen molar-refractivity contribution in [2.75, 3.05) is 11.9 Å². The first kappa shape index (κ1) is 14.5. The monoisotopic (exact) mass is 273 g/mol. The molecule has 0 heterocycles. The lowest BCUT2D eigenvalue weighted by molar-refractivity contribution is 0.199. The zero-order chi connectivity index (χ0) is 14.9. The maximum Gasteiger partial charge on any atom is 0.147 e. The van der Waals surface area contributed by atoms with Crippen LogP contribution in [0.3, 0.4) is 0 Å². The zero-order valence-corrected chi connectivity index (χ0v) is 12.3. The molecule has 20 heavy (non-hydrogen) atoms. The van der Waals surface area contributed by atoms with Crippen LogP contribution in [0.15, 0.2) is 36.4 Å². The van der Waals surface area contributed by atoms with Crippen LogP contribution in [0.4, 0.5) is 15.8 Å². The van der Waals surface area contributed by atoms with Crippen LogP contribution in [0.1, 0.15) is 29.7 Å². The highest BCUT2D eigenvalue weighted by Gasteiger charge is 2.12. The lowest BCUT2D eigenvalue weighted by Crippen LogP contribution is -2.12. The highest BCUT2D eigenvalue weighted by molar-refractivity contribution is 5.64. The molecule has 0 aromatic heterocycles. The molecule has 2 nitrogen and oxygen atoms in total. The summed E-state index contributed by atoms with van der Waals surface area (Å²) in [5.74, 6) is -0.329. The van der Waals surface area contributed by atoms with E-state index < -0.39 is 6.10 Å². The normalized spacial score (nSPS) is 12.3. The van der Waals surface area contributed by atoms with Crippen molar-refractivity contribution in [2.45, 2.75) is 26.9 Å². The van der Waals surface area contributed by atoms with Crippen molar-refractivity contribution in [1.29, 1.82) is 0 Å². The Morgan fingerprint density at radius 3 is 2.15 bits per heavy atom. The van der Waals surface area contributed by atoms with Gasteiger partial charge in [0.2, 0.25) is 0 Å². The zero-order valence-electron chi connectivity index (χ0n) is 12.3. The third-order valence-electron chi connectivity index (χ3n) is 3.41. The SMILES string of the molecule is Cc1cc(C)cc(N(C)c2ccc(C(C)O)cc2F)c1. The van der Waals surface area contributed by atoms with E-state index in [0.717, 1.165) is 16.8 Å². The van der Waals surface area contributed by atoms with Gasteiger partial charge in [0.05, 0.1) is 11.8 Å². The predicted molar refractivity (Wildman–Crippen MR) is 81.0 cm³/mol. The average Bonchev–Trinajstić information content (AvgIpc) is 2.36. The Hall–Kier alpha value is -1.87. The van der Waals surface area contributed by atoms with Gasteiger partial charge < -0.3 is 10.0 Å². The molecule has 2 aromatic carbocycles. The fourth-order valence-corrected chi connectivity index (χ4v) is 2.34. The number of hydrogen-bond donors (Lipinski definition) is 1. The molecule has 0 bridgehead atoms. The minimum Gasteiger partial charge on any atom is -0.389 e. The Bertz CT molecular complexity index is 602. The summed E-state index contributed by atoms with van der Waals surface area (Å²) >= 11 is 0. The van der Waals surface area contributed by atoms with Crippen molar-refractivity contribution in [2.24, 2.45) is 0 Å². The summed E-state index contributed by atoms with van der Waals surface area (Å²) in [5.41, 5.74) is 4.33. The third kappa shape index (κ3) is 2.99. The molecule has 3 heteroatoms. The molecule has 1 unspecified atom stereocenters. The van der Waals surface area contributed by atoms with Gasteiger partial charge >= 0.3 is 0 Å². The highest BCUT2D eigenvalue weighted by Crippen LogP contribution is 2.29. The quantitative estimate of drug-likeness (QED) is 0.903. The number of aliphatic hydroxyl groups is 1. The molecule has 0 radical (unpaired) electrons. The van der Waals surface area contributed by atoms with Gasteiger partial charge in [-0.1, -0.05) is 12.1 Å². The second kappa shape index (κ2) is 5.63. The van der Waals surface area contributed by atoms with Gasteiger partial charge in [0.1, 0.15) is 5.82 Å². The molecule has 0 aliphatic rings. The van der Waals surface area contributed by atoms with Crippen molar-refractivity contribution in [3.05, 3.63) is 58.9 Å². The topological polar surface area (TPSA) is 23.5 Å². The van der Waals surface area contributed by atoms with E-state index in [0.29, 0.717) is 11.3 Å². The largest absolute Gasteiger partial charge is 0.389 e. The van der Waals surface area contributed by atoms with E-state index in [2.05, 4.69) is 6.07 Å². The summed E-state index contributed by atoms with van der Waals surface area (Å²) in [4.78, 5) is 1.82. The van der Waals surface area contributed by atoms with Gasteiger partial charge in [-0.3, -0.25) is 0 Å². The number of benzene rings is 2. The molecule has 1 N–H and O–H groups in total. The van der Waals surface area contributed by atoms with E-state index in [1.165, 1.54) is 6.07 Å². The molecule has 0 amide bonds. The van der Waals surface area contributed by atoms with Crippen molar-refractivity contribution >= 4 is 11.4 Å². The standard InChI is InChI=1S/C17H20FNO/c1-11-7-12(2)9-15(8-11)19(4)17-6-5-14(13(3)20)10-16(17)18/h5-10,13,20H,1-4H3. The minimum atomic E-state index is -0.662. The van der Waals surface area contributed by atoms with E-state index in [1.54, 1.807) is 19.1 Å². The van der Waals surface area contributed by atoms with Crippen molar-refractivity contribution in [3.8, 4) is 0 Å². The molecule has 1 atom stereocenters. The van der Waals surface area contributed by atoms with Crippen LogP contribution >= 0.6 is 0 Å². The van der Waals surface area contributed by atoms with E-state index in [4.69, 9.17) is 0 Å². The molecule has 0 saturated carbocycles. The smallest absolute Gasteiger partial charge is 0.147 e. The van der Waals surface area contributed by atoms with Gasteiger partial charge in [-0.05, 0) is 61.7 Å². The van der Waals surface area contributed by atoms with E-state index in [-0.39, 0.29) is 5.82 Å².